The van der Waals surface area contributed by atoms with Crippen LogP contribution in [0, 0.1) is 5.92 Å². The fraction of sp³-hybridized carbons (Fsp3) is 0.375. The maximum atomic E-state index is 5.23. The van der Waals surface area contributed by atoms with Crippen LogP contribution in [0.15, 0.2) is 33.9 Å². The quantitative estimate of drug-likeness (QED) is 0.657. The molecule has 24 heavy (non-hydrogen) atoms. The number of benzene rings is 1. The molecule has 0 aliphatic heterocycles. The molecule has 7 nitrogen and oxygen atoms in total. The van der Waals surface area contributed by atoms with Gasteiger partial charge < -0.3 is 9.26 Å². The summed E-state index contributed by atoms with van der Waals surface area (Å²) in [6, 6.07) is 7.65. The Hall–Kier alpha value is -2.35. The number of hydrogen-bond donors (Lipinski definition) is 1. The molecule has 2 aromatic heterocycles. The summed E-state index contributed by atoms with van der Waals surface area (Å²) in [5.74, 6) is 3.92. The van der Waals surface area contributed by atoms with Gasteiger partial charge in [0, 0.05) is 12.0 Å². The van der Waals surface area contributed by atoms with Crippen LogP contribution in [0.1, 0.15) is 25.6 Å². The molecule has 0 fully saturated rings. The van der Waals surface area contributed by atoms with E-state index < -0.39 is 0 Å². The van der Waals surface area contributed by atoms with Gasteiger partial charge in [-0.1, -0.05) is 30.8 Å². The number of thioether (sulfide) groups is 1. The number of aromatic amines is 1. The minimum atomic E-state index is 0.492. The molecule has 0 radical (unpaired) electrons. The van der Waals surface area contributed by atoms with Crippen molar-refractivity contribution in [3.63, 3.8) is 0 Å². The van der Waals surface area contributed by atoms with Crippen LogP contribution in [-0.2, 0) is 12.2 Å². The lowest BCUT2D eigenvalue weighted by Gasteiger charge is -1.99. The van der Waals surface area contributed by atoms with E-state index in [9.17, 15) is 0 Å². The minimum Gasteiger partial charge on any atom is -0.497 e. The monoisotopic (exact) mass is 345 g/mol. The molecule has 0 aliphatic rings. The summed E-state index contributed by atoms with van der Waals surface area (Å²) < 4.78 is 10.4. The normalized spacial score (nSPS) is 11.2. The molecule has 2 heterocycles. The molecule has 1 aromatic carbocycles. The van der Waals surface area contributed by atoms with Crippen molar-refractivity contribution in [1.29, 1.82) is 0 Å². The van der Waals surface area contributed by atoms with Crippen molar-refractivity contribution in [3.05, 3.63) is 36.0 Å². The van der Waals surface area contributed by atoms with Gasteiger partial charge in [-0.2, -0.15) is 4.98 Å². The second kappa shape index (κ2) is 7.48. The molecular weight excluding hydrogens is 326 g/mol. The summed E-state index contributed by atoms with van der Waals surface area (Å²) in [6.07, 6.45) is 0.792. The van der Waals surface area contributed by atoms with Crippen LogP contribution in [0.2, 0.25) is 0 Å². The Labute approximate surface area is 144 Å². The first kappa shape index (κ1) is 16.5. The van der Waals surface area contributed by atoms with Crippen LogP contribution in [-0.4, -0.2) is 32.4 Å². The first-order chi connectivity index (χ1) is 11.6. The minimum absolute atomic E-state index is 0.492. The average Bonchev–Trinajstić information content (AvgIpc) is 3.22. The number of aromatic nitrogens is 5. The third-order valence-corrected chi connectivity index (χ3v) is 4.10. The van der Waals surface area contributed by atoms with E-state index in [0.717, 1.165) is 17.7 Å². The molecule has 0 saturated heterocycles. The molecule has 126 valence electrons. The largest absolute Gasteiger partial charge is 0.497 e. The van der Waals surface area contributed by atoms with E-state index in [1.54, 1.807) is 7.11 Å². The van der Waals surface area contributed by atoms with Gasteiger partial charge in [-0.3, -0.25) is 5.10 Å². The number of methoxy groups -OCH3 is 1. The van der Waals surface area contributed by atoms with E-state index in [2.05, 4.69) is 39.2 Å². The number of nitrogens with one attached hydrogen (secondary N) is 1. The Kier molecular flexibility index (Phi) is 5.14. The summed E-state index contributed by atoms with van der Waals surface area (Å²) in [5.41, 5.74) is 0.953. The van der Waals surface area contributed by atoms with Gasteiger partial charge >= 0.3 is 0 Å². The summed E-state index contributed by atoms with van der Waals surface area (Å²) >= 11 is 1.47. The summed E-state index contributed by atoms with van der Waals surface area (Å²) in [4.78, 5) is 8.85. The fourth-order valence-corrected chi connectivity index (χ4v) is 2.74. The highest BCUT2D eigenvalue weighted by Gasteiger charge is 2.11. The predicted molar refractivity (Wildman–Crippen MR) is 90.8 cm³/mol. The Bertz CT molecular complexity index is 782. The highest BCUT2D eigenvalue weighted by atomic mass is 32.2. The fourth-order valence-electron chi connectivity index (χ4n) is 2.10. The zero-order chi connectivity index (χ0) is 16.9. The lowest BCUT2D eigenvalue weighted by Crippen LogP contribution is -1.94. The van der Waals surface area contributed by atoms with Crippen molar-refractivity contribution in [2.45, 2.75) is 31.2 Å². The second-order valence-electron chi connectivity index (χ2n) is 5.69. The lowest BCUT2D eigenvalue weighted by molar-refractivity contribution is 0.360. The third-order valence-electron chi connectivity index (χ3n) is 3.25. The zero-order valence-electron chi connectivity index (χ0n) is 13.8. The number of rotatable bonds is 7. The molecule has 0 amide bonds. The lowest BCUT2D eigenvalue weighted by atomic mass is 10.1. The van der Waals surface area contributed by atoms with E-state index in [0.29, 0.717) is 34.4 Å². The SMILES string of the molecule is COc1ccc(-c2nc(SCc3noc(CC(C)C)n3)n[nH]2)cc1. The standard InChI is InChI=1S/C16H19N5O2S/c1-10(2)8-14-17-13(21-23-14)9-24-16-18-15(19-20-16)11-4-6-12(22-3)7-5-11/h4-7,10H,8-9H2,1-3H3,(H,18,19,20). The van der Waals surface area contributed by atoms with Crippen LogP contribution in [0.4, 0.5) is 0 Å². The van der Waals surface area contributed by atoms with Crippen LogP contribution in [0.3, 0.4) is 0 Å². The molecule has 3 rings (SSSR count). The summed E-state index contributed by atoms with van der Waals surface area (Å²) in [5, 5.41) is 11.8. The van der Waals surface area contributed by atoms with Gasteiger partial charge in [-0.25, -0.2) is 4.98 Å². The van der Waals surface area contributed by atoms with Crippen LogP contribution in [0.5, 0.6) is 5.75 Å². The number of nitrogens with zero attached hydrogens (tertiary/aromatic N) is 4. The first-order valence-electron chi connectivity index (χ1n) is 7.65. The number of hydrogen-bond acceptors (Lipinski definition) is 7. The molecule has 0 saturated carbocycles. The van der Waals surface area contributed by atoms with Gasteiger partial charge in [-0.15, -0.1) is 5.10 Å². The van der Waals surface area contributed by atoms with E-state index in [4.69, 9.17) is 9.26 Å². The molecular formula is C16H19N5O2S. The van der Waals surface area contributed by atoms with Crippen molar-refractivity contribution in [3.8, 4) is 17.1 Å². The molecule has 0 atom stereocenters. The first-order valence-corrected chi connectivity index (χ1v) is 8.63. The summed E-state index contributed by atoms with van der Waals surface area (Å²) in [7, 11) is 1.64. The second-order valence-corrected chi connectivity index (χ2v) is 6.63. The van der Waals surface area contributed by atoms with Crippen molar-refractivity contribution < 1.29 is 9.26 Å². The van der Waals surface area contributed by atoms with Gasteiger partial charge in [-0.05, 0) is 30.2 Å². The van der Waals surface area contributed by atoms with Crippen molar-refractivity contribution in [2.75, 3.05) is 7.11 Å². The molecule has 0 unspecified atom stereocenters. The Balaban J connectivity index is 1.60. The maximum absolute atomic E-state index is 5.23. The van der Waals surface area contributed by atoms with E-state index in [1.165, 1.54) is 11.8 Å². The zero-order valence-corrected chi connectivity index (χ0v) is 14.6. The van der Waals surface area contributed by atoms with Gasteiger partial charge in [0.15, 0.2) is 11.6 Å². The molecule has 0 bridgehead atoms. The summed E-state index contributed by atoms with van der Waals surface area (Å²) in [6.45, 7) is 4.24. The number of ether oxygens (including phenoxy) is 1. The molecule has 1 N–H and O–H groups in total. The molecule has 0 spiro atoms. The Morgan fingerprint density at radius 2 is 2.00 bits per heavy atom. The number of H-pyrrole nitrogens is 1. The highest BCUT2D eigenvalue weighted by Crippen LogP contribution is 2.23. The maximum Gasteiger partial charge on any atom is 0.226 e. The van der Waals surface area contributed by atoms with Gasteiger partial charge in [0.25, 0.3) is 0 Å². The molecule has 8 heteroatoms. The highest BCUT2D eigenvalue weighted by molar-refractivity contribution is 7.98. The van der Waals surface area contributed by atoms with E-state index in [-0.39, 0.29) is 0 Å². The third kappa shape index (κ3) is 4.14. The average molecular weight is 345 g/mol. The molecule has 0 aliphatic carbocycles. The van der Waals surface area contributed by atoms with Crippen molar-refractivity contribution >= 4 is 11.8 Å². The van der Waals surface area contributed by atoms with Crippen LogP contribution in [0.25, 0.3) is 11.4 Å². The van der Waals surface area contributed by atoms with Gasteiger partial charge in [0.2, 0.25) is 11.0 Å². The van der Waals surface area contributed by atoms with Crippen LogP contribution < -0.4 is 4.74 Å². The smallest absolute Gasteiger partial charge is 0.226 e. The van der Waals surface area contributed by atoms with Crippen LogP contribution >= 0.6 is 11.8 Å². The van der Waals surface area contributed by atoms with Gasteiger partial charge in [0.05, 0.1) is 12.9 Å². The Morgan fingerprint density at radius 1 is 1.21 bits per heavy atom. The molecule has 3 aromatic rings. The Morgan fingerprint density at radius 3 is 2.71 bits per heavy atom. The van der Waals surface area contributed by atoms with E-state index in [1.807, 2.05) is 24.3 Å². The van der Waals surface area contributed by atoms with Crippen molar-refractivity contribution in [2.24, 2.45) is 5.92 Å². The topological polar surface area (TPSA) is 89.7 Å². The van der Waals surface area contributed by atoms with E-state index >= 15 is 0 Å². The predicted octanol–water partition coefficient (Wildman–Crippen LogP) is 3.35. The van der Waals surface area contributed by atoms with Gasteiger partial charge in [0.1, 0.15) is 5.75 Å². The van der Waals surface area contributed by atoms with Crippen molar-refractivity contribution in [1.82, 2.24) is 25.3 Å².